The summed E-state index contributed by atoms with van der Waals surface area (Å²) < 4.78 is 6.26. The smallest absolute Gasteiger partial charge is 0.422 e. The van der Waals surface area contributed by atoms with E-state index < -0.39 is 11.6 Å². The molecular formula is C23H29N4O4S+. The standard InChI is InChI=1S/C23H28N4O4S/c28-21(23(30,17-4-1-2-5-17)18-9-13-32-15-18)31-19-14-27(11-7-16(19)8-12-27)22(29)25-20-6-3-10-24-26-20/h3,6,9-10,13,15-17,19,30H,1-2,4-5,7-8,11-12,14H2/p+1/t16?,19-,23?,27?/m0/s1. The summed E-state index contributed by atoms with van der Waals surface area (Å²) in [5.41, 5.74) is -0.986. The number of urea groups is 1. The van der Waals surface area contributed by atoms with Crippen LogP contribution in [0.1, 0.15) is 44.1 Å². The molecule has 3 saturated heterocycles. The number of hydrogen-bond donors (Lipinski definition) is 2. The minimum absolute atomic E-state index is 0.131. The third-order valence-corrected chi connectivity index (χ3v) is 8.31. The highest BCUT2D eigenvalue weighted by atomic mass is 32.1. The Kier molecular flexibility index (Phi) is 5.73. The number of aliphatic hydroxyl groups is 1. The van der Waals surface area contributed by atoms with Gasteiger partial charge in [-0.15, -0.1) is 5.10 Å². The van der Waals surface area contributed by atoms with Crippen LogP contribution in [0, 0.1) is 11.8 Å². The Bertz CT molecular complexity index is 956. The first-order valence-electron chi connectivity index (χ1n) is 11.4. The number of carbonyl (C=O) groups is 2. The summed E-state index contributed by atoms with van der Waals surface area (Å²) in [6.45, 7) is 1.84. The van der Waals surface area contributed by atoms with E-state index in [9.17, 15) is 14.7 Å². The number of aromatic nitrogens is 2. The van der Waals surface area contributed by atoms with Gasteiger partial charge in [-0.2, -0.15) is 16.4 Å². The molecule has 4 fully saturated rings. The maximum Gasteiger partial charge on any atom is 0.422 e. The minimum Gasteiger partial charge on any atom is -0.454 e. The van der Waals surface area contributed by atoms with Crippen LogP contribution in [0.5, 0.6) is 0 Å². The highest BCUT2D eigenvalue weighted by Gasteiger charge is 2.55. The van der Waals surface area contributed by atoms with E-state index in [-0.39, 0.29) is 28.5 Å². The summed E-state index contributed by atoms with van der Waals surface area (Å²) >= 11 is 1.47. The van der Waals surface area contributed by atoms with E-state index in [4.69, 9.17) is 4.74 Å². The van der Waals surface area contributed by atoms with Crippen molar-refractivity contribution in [2.45, 2.75) is 50.2 Å². The van der Waals surface area contributed by atoms with Gasteiger partial charge in [-0.1, -0.05) is 12.8 Å². The zero-order valence-corrected chi connectivity index (χ0v) is 18.8. The van der Waals surface area contributed by atoms with Gasteiger partial charge < -0.3 is 9.84 Å². The number of rotatable bonds is 5. The van der Waals surface area contributed by atoms with Crippen molar-refractivity contribution in [2.24, 2.45) is 11.8 Å². The fourth-order valence-electron chi connectivity index (χ4n) is 5.72. The third-order valence-electron chi connectivity index (χ3n) is 7.63. The number of anilines is 1. The Labute approximate surface area is 191 Å². The van der Waals surface area contributed by atoms with Gasteiger partial charge in [-0.05, 0) is 41.8 Å². The van der Waals surface area contributed by atoms with Crippen LogP contribution in [0.15, 0.2) is 35.2 Å². The lowest BCUT2D eigenvalue weighted by molar-refractivity contribution is -0.869. The quantitative estimate of drug-likeness (QED) is 0.528. The lowest BCUT2D eigenvalue weighted by Gasteiger charge is -2.49. The molecule has 2 bridgehead atoms. The average molecular weight is 458 g/mol. The van der Waals surface area contributed by atoms with Crippen LogP contribution in [0.4, 0.5) is 10.6 Å². The number of nitrogens with zero attached hydrogens (tertiary/aromatic N) is 3. The van der Waals surface area contributed by atoms with Gasteiger partial charge in [0.05, 0.1) is 13.1 Å². The van der Waals surface area contributed by atoms with Gasteiger partial charge in [0.1, 0.15) is 6.54 Å². The highest BCUT2D eigenvalue weighted by molar-refractivity contribution is 7.08. The topological polar surface area (TPSA) is 101 Å². The fraction of sp³-hybridized carbons (Fsp3) is 0.565. The number of thiophene rings is 1. The van der Waals surface area contributed by atoms with Crippen LogP contribution in [-0.4, -0.2) is 57.5 Å². The molecule has 1 unspecified atom stereocenters. The first-order valence-corrected chi connectivity index (χ1v) is 12.4. The van der Waals surface area contributed by atoms with Crippen molar-refractivity contribution in [2.75, 3.05) is 25.0 Å². The largest absolute Gasteiger partial charge is 0.454 e. The number of quaternary nitrogens is 1. The molecule has 2 aromatic heterocycles. The van der Waals surface area contributed by atoms with Crippen molar-refractivity contribution in [3.63, 3.8) is 0 Å². The number of hydrogen-bond acceptors (Lipinski definition) is 7. The summed E-state index contributed by atoms with van der Waals surface area (Å²) in [4.78, 5) is 26.6. The van der Waals surface area contributed by atoms with E-state index in [1.54, 1.807) is 18.3 Å². The van der Waals surface area contributed by atoms with Crippen LogP contribution in [0.2, 0.25) is 0 Å². The Morgan fingerprint density at radius 3 is 2.62 bits per heavy atom. The number of piperidine rings is 3. The third kappa shape index (κ3) is 3.72. The first kappa shape index (κ1) is 21.5. The monoisotopic (exact) mass is 457 g/mol. The molecule has 0 aromatic carbocycles. The van der Waals surface area contributed by atoms with Gasteiger partial charge in [0.15, 0.2) is 17.5 Å². The second kappa shape index (κ2) is 8.53. The Morgan fingerprint density at radius 1 is 1.19 bits per heavy atom. The van der Waals surface area contributed by atoms with Crippen LogP contribution in [0.25, 0.3) is 0 Å². The molecule has 0 spiro atoms. The first-order chi connectivity index (χ1) is 15.5. The maximum atomic E-state index is 13.5. The van der Waals surface area contributed by atoms with Crippen LogP contribution < -0.4 is 5.32 Å². The van der Waals surface area contributed by atoms with Crippen molar-refractivity contribution in [3.8, 4) is 0 Å². The normalized spacial score (nSPS) is 29.4. The Hall–Kier alpha value is -2.36. The number of amides is 2. The second-order valence-corrected chi connectivity index (χ2v) is 10.1. The summed E-state index contributed by atoms with van der Waals surface area (Å²) in [6.07, 6.45) is 6.45. The molecule has 32 heavy (non-hydrogen) atoms. The zero-order valence-electron chi connectivity index (χ0n) is 18.0. The maximum absolute atomic E-state index is 13.5. The molecule has 2 N–H and O–H groups in total. The van der Waals surface area contributed by atoms with Gasteiger partial charge in [-0.3, -0.25) is 5.32 Å². The Balaban J connectivity index is 1.34. The van der Waals surface area contributed by atoms with Crippen molar-refractivity contribution in [1.29, 1.82) is 0 Å². The minimum atomic E-state index is -1.62. The van der Waals surface area contributed by atoms with Crippen molar-refractivity contribution < 1.29 is 23.9 Å². The molecule has 4 aliphatic rings. The van der Waals surface area contributed by atoms with Gasteiger partial charge in [-0.25, -0.2) is 14.1 Å². The van der Waals surface area contributed by atoms with E-state index in [1.165, 1.54) is 11.3 Å². The van der Waals surface area contributed by atoms with Crippen LogP contribution in [-0.2, 0) is 15.1 Å². The molecule has 0 radical (unpaired) electrons. The predicted molar refractivity (Wildman–Crippen MR) is 119 cm³/mol. The van der Waals surface area contributed by atoms with Crippen LogP contribution in [0.3, 0.4) is 0 Å². The van der Waals surface area contributed by atoms with E-state index in [0.29, 0.717) is 31.0 Å². The fourth-order valence-corrected chi connectivity index (χ4v) is 6.43. The van der Waals surface area contributed by atoms with Crippen LogP contribution >= 0.6 is 11.3 Å². The molecule has 5 heterocycles. The second-order valence-electron chi connectivity index (χ2n) is 9.35. The number of fused-ring (bicyclic) bond motifs is 3. The number of nitrogens with one attached hydrogen (secondary N) is 1. The molecule has 3 aliphatic heterocycles. The molecule has 170 valence electrons. The molecule has 2 atom stereocenters. The van der Waals surface area contributed by atoms with Gasteiger partial charge >= 0.3 is 12.0 Å². The van der Waals surface area contributed by atoms with Gasteiger partial charge in [0.2, 0.25) is 0 Å². The Morgan fingerprint density at radius 2 is 1.97 bits per heavy atom. The van der Waals surface area contributed by atoms with Crippen molar-refractivity contribution in [3.05, 3.63) is 40.7 Å². The molecule has 8 nitrogen and oxygen atoms in total. The molecule has 2 amide bonds. The summed E-state index contributed by atoms with van der Waals surface area (Å²) in [6, 6.07) is 5.11. The molecule has 9 heteroatoms. The number of carbonyl (C=O) groups excluding carboxylic acids is 2. The summed E-state index contributed by atoms with van der Waals surface area (Å²) in [7, 11) is 0. The summed E-state index contributed by atoms with van der Waals surface area (Å²) in [5, 5.41) is 26.0. The lowest BCUT2D eigenvalue weighted by atomic mass is 9.80. The molecule has 1 saturated carbocycles. The number of esters is 1. The van der Waals surface area contributed by atoms with Gasteiger partial charge in [0.25, 0.3) is 0 Å². The lowest BCUT2D eigenvalue weighted by Crippen LogP contribution is -2.68. The summed E-state index contributed by atoms with van der Waals surface area (Å²) in [5.74, 6) is -0.0549. The van der Waals surface area contributed by atoms with E-state index in [2.05, 4.69) is 15.5 Å². The average Bonchev–Trinajstić information content (AvgIpc) is 3.55. The van der Waals surface area contributed by atoms with Crippen molar-refractivity contribution in [1.82, 2.24) is 10.2 Å². The predicted octanol–water partition coefficient (Wildman–Crippen LogP) is 3.30. The molecule has 6 rings (SSSR count). The molecule has 2 aromatic rings. The van der Waals surface area contributed by atoms with E-state index in [1.807, 2.05) is 16.8 Å². The SMILES string of the molecule is O=C(O[C@H]1C[N+]2(C(=O)Nc3cccnn3)CCC1CC2)C(O)(c1ccsc1)C1CCCC1. The van der Waals surface area contributed by atoms with Crippen molar-refractivity contribution >= 4 is 29.2 Å². The molecule has 1 aliphatic carbocycles. The zero-order chi connectivity index (χ0) is 22.2. The number of ether oxygens (including phenoxy) is 1. The van der Waals surface area contributed by atoms with E-state index in [0.717, 1.165) is 38.5 Å². The van der Waals surface area contributed by atoms with E-state index >= 15 is 0 Å². The highest BCUT2D eigenvalue weighted by Crippen LogP contribution is 2.44. The molecular weight excluding hydrogens is 428 g/mol. The van der Waals surface area contributed by atoms with Gasteiger partial charge in [0, 0.05) is 36.4 Å².